The van der Waals surface area contributed by atoms with Gasteiger partial charge in [0.2, 0.25) is 5.91 Å². The number of rotatable bonds is 7. The Morgan fingerprint density at radius 3 is 2.45 bits per heavy atom. The number of hydrogen-bond donors (Lipinski definition) is 1. The number of carbonyl (C=O) groups excluding carboxylic acids is 1. The van der Waals surface area contributed by atoms with Crippen LogP contribution >= 0.6 is 0 Å². The Hall–Kier alpha value is -1.35. The molecule has 0 saturated heterocycles. The molecule has 1 atom stereocenters. The van der Waals surface area contributed by atoms with E-state index in [9.17, 15) is 4.79 Å². The van der Waals surface area contributed by atoms with Crippen LogP contribution in [0.5, 0.6) is 0 Å². The Kier molecular flexibility index (Phi) is 6.73. The molecule has 1 amide bonds. The monoisotopic (exact) mass is 276 g/mol. The summed E-state index contributed by atoms with van der Waals surface area (Å²) in [6, 6.07) is 8.73. The first-order valence-corrected chi connectivity index (χ1v) is 7.45. The lowest BCUT2D eigenvalue weighted by Gasteiger charge is -2.23. The second-order valence-corrected chi connectivity index (χ2v) is 5.94. The summed E-state index contributed by atoms with van der Waals surface area (Å²) in [6.07, 6.45) is 0.542. The summed E-state index contributed by atoms with van der Waals surface area (Å²) in [4.78, 5) is 13.7. The zero-order chi connectivity index (χ0) is 15.1. The second kappa shape index (κ2) is 8.05. The Balaban J connectivity index is 2.86. The third-order valence-corrected chi connectivity index (χ3v) is 3.50. The van der Waals surface area contributed by atoms with Gasteiger partial charge >= 0.3 is 0 Å². The fraction of sp³-hybridized carbons (Fsp3) is 0.588. The maximum atomic E-state index is 11.5. The van der Waals surface area contributed by atoms with Crippen LogP contribution in [0.15, 0.2) is 24.3 Å². The molecule has 1 rings (SSSR count). The largest absolute Gasteiger partial charge is 0.355 e. The molecule has 0 aromatic heterocycles. The van der Waals surface area contributed by atoms with E-state index in [1.54, 1.807) is 0 Å². The highest BCUT2D eigenvalue weighted by Crippen LogP contribution is 2.21. The summed E-state index contributed by atoms with van der Waals surface area (Å²) < 4.78 is 0. The first kappa shape index (κ1) is 16.7. The fourth-order valence-corrected chi connectivity index (χ4v) is 2.26. The smallest absolute Gasteiger partial charge is 0.219 e. The van der Waals surface area contributed by atoms with Crippen molar-refractivity contribution < 1.29 is 4.79 Å². The van der Waals surface area contributed by atoms with Gasteiger partial charge in [-0.25, -0.2) is 0 Å². The third kappa shape index (κ3) is 5.33. The van der Waals surface area contributed by atoms with Crippen LogP contribution in [0.25, 0.3) is 0 Å². The molecule has 0 aliphatic heterocycles. The topological polar surface area (TPSA) is 32.3 Å². The van der Waals surface area contributed by atoms with Crippen molar-refractivity contribution in [3.63, 3.8) is 0 Å². The summed E-state index contributed by atoms with van der Waals surface area (Å²) in [6.45, 7) is 7.94. The van der Waals surface area contributed by atoms with E-state index in [0.29, 0.717) is 24.8 Å². The van der Waals surface area contributed by atoms with Crippen molar-refractivity contribution in [1.82, 2.24) is 10.2 Å². The van der Waals surface area contributed by atoms with E-state index >= 15 is 0 Å². The van der Waals surface area contributed by atoms with Crippen molar-refractivity contribution in [2.24, 2.45) is 0 Å². The number of hydrogen-bond acceptors (Lipinski definition) is 2. The van der Waals surface area contributed by atoms with Gasteiger partial charge < -0.3 is 10.2 Å². The standard InChI is InChI=1S/C17H28N2O/c1-6-17(20)18-11-16(12-19(4)5)15-9-7-8-14(10-15)13(2)3/h7-10,13,16H,6,11-12H2,1-5H3,(H,18,20)/t16-/m1/s1. The van der Waals surface area contributed by atoms with Gasteiger partial charge in [0.1, 0.15) is 0 Å². The lowest BCUT2D eigenvalue weighted by atomic mass is 9.93. The number of amides is 1. The van der Waals surface area contributed by atoms with Crippen molar-refractivity contribution in [2.75, 3.05) is 27.2 Å². The predicted molar refractivity (Wildman–Crippen MR) is 85.1 cm³/mol. The van der Waals surface area contributed by atoms with Gasteiger partial charge in [-0.2, -0.15) is 0 Å². The van der Waals surface area contributed by atoms with E-state index < -0.39 is 0 Å². The summed E-state index contributed by atoms with van der Waals surface area (Å²) in [5.41, 5.74) is 2.66. The van der Waals surface area contributed by atoms with Crippen LogP contribution in [0, 0.1) is 0 Å². The van der Waals surface area contributed by atoms with Gasteiger partial charge in [-0.05, 0) is 31.1 Å². The van der Waals surface area contributed by atoms with Crippen molar-refractivity contribution in [2.45, 2.75) is 39.0 Å². The molecule has 112 valence electrons. The maximum absolute atomic E-state index is 11.5. The maximum Gasteiger partial charge on any atom is 0.219 e. The van der Waals surface area contributed by atoms with Gasteiger partial charge in [0.25, 0.3) is 0 Å². The average Bonchev–Trinajstić information content (AvgIpc) is 2.42. The molecule has 20 heavy (non-hydrogen) atoms. The summed E-state index contributed by atoms with van der Waals surface area (Å²) in [5.74, 6) is 0.980. The molecule has 0 aliphatic rings. The molecule has 0 radical (unpaired) electrons. The van der Waals surface area contributed by atoms with Gasteiger partial charge in [0, 0.05) is 25.4 Å². The van der Waals surface area contributed by atoms with E-state index in [4.69, 9.17) is 0 Å². The first-order valence-electron chi connectivity index (χ1n) is 7.45. The lowest BCUT2D eigenvalue weighted by Crippen LogP contribution is -2.32. The molecule has 1 aromatic rings. The normalized spacial score (nSPS) is 12.8. The molecule has 0 saturated carbocycles. The molecule has 0 aliphatic carbocycles. The Morgan fingerprint density at radius 1 is 1.25 bits per heavy atom. The van der Waals surface area contributed by atoms with E-state index in [1.165, 1.54) is 11.1 Å². The number of benzene rings is 1. The number of carbonyl (C=O) groups is 1. The highest BCUT2D eigenvalue weighted by Gasteiger charge is 2.14. The van der Waals surface area contributed by atoms with Crippen LogP contribution < -0.4 is 5.32 Å². The van der Waals surface area contributed by atoms with Gasteiger partial charge in [-0.1, -0.05) is 45.0 Å². The van der Waals surface area contributed by atoms with Gasteiger partial charge in [-0.3, -0.25) is 4.79 Å². The first-order chi connectivity index (χ1) is 9.43. The van der Waals surface area contributed by atoms with Crippen molar-refractivity contribution >= 4 is 5.91 Å². The number of likely N-dealkylation sites (N-methyl/N-ethyl adjacent to an activating group) is 1. The molecule has 1 aromatic carbocycles. The Bertz CT molecular complexity index is 427. The van der Waals surface area contributed by atoms with Crippen LogP contribution in [-0.2, 0) is 4.79 Å². The van der Waals surface area contributed by atoms with Crippen molar-refractivity contribution in [3.05, 3.63) is 35.4 Å². The van der Waals surface area contributed by atoms with Crippen LogP contribution in [-0.4, -0.2) is 38.0 Å². The van der Waals surface area contributed by atoms with Gasteiger partial charge in [0.05, 0.1) is 0 Å². The summed E-state index contributed by atoms with van der Waals surface area (Å²) in [5, 5.41) is 3.02. The Morgan fingerprint density at radius 2 is 1.90 bits per heavy atom. The van der Waals surface area contributed by atoms with E-state index in [0.717, 1.165) is 6.54 Å². The van der Waals surface area contributed by atoms with E-state index in [1.807, 2.05) is 6.92 Å². The fourth-order valence-electron chi connectivity index (χ4n) is 2.26. The SMILES string of the molecule is CCC(=O)NC[C@H](CN(C)C)c1cccc(C(C)C)c1. The third-order valence-electron chi connectivity index (χ3n) is 3.50. The van der Waals surface area contributed by atoms with Crippen molar-refractivity contribution in [3.8, 4) is 0 Å². The van der Waals surface area contributed by atoms with Gasteiger partial charge in [-0.15, -0.1) is 0 Å². The molecule has 0 bridgehead atoms. The van der Waals surface area contributed by atoms with Crippen molar-refractivity contribution in [1.29, 1.82) is 0 Å². The molecule has 3 heteroatoms. The van der Waals surface area contributed by atoms with Crippen LogP contribution in [0.4, 0.5) is 0 Å². The molecule has 0 spiro atoms. The van der Waals surface area contributed by atoms with Crippen LogP contribution in [0.1, 0.15) is 50.2 Å². The average molecular weight is 276 g/mol. The minimum Gasteiger partial charge on any atom is -0.355 e. The van der Waals surface area contributed by atoms with E-state index in [2.05, 4.69) is 62.4 Å². The van der Waals surface area contributed by atoms with E-state index in [-0.39, 0.29) is 5.91 Å². The summed E-state index contributed by atoms with van der Waals surface area (Å²) in [7, 11) is 4.14. The predicted octanol–water partition coefficient (Wildman–Crippen LogP) is 2.98. The lowest BCUT2D eigenvalue weighted by molar-refractivity contribution is -0.120. The van der Waals surface area contributed by atoms with Gasteiger partial charge in [0.15, 0.2) is 0 Å². The molecule has 0 unspecified atom stereocenters. The highest BCUT2D eigenvalue weighted by atomic mass is 16.1. The summed E-state index contributed by atoms with van der Waals surface area (Å²) >= 11 is 0. The number of nitrogens with zero attached hydrogens (tertiary/aromatic N) is 1. The number of nitrogens with one attached hydrogen (secondary N) is 1. The molecule has 0 heterocycles. The molecular formula is C17H28N2O. The zero-order valence-corrected chi connectivity index (χ0v) is 13.4. The zero-order valence-electron chi connectivity index (χ0n) is 13.4. The second-order valence-electron chi connectivity index (χ2n) is 5.94. The van der Waals surface area contributed by atoms with Crippen LogP contribution in [0.3, 0.4) is 0 Å². The molecule has 1 N–H and O–H groups in total. The molecular weight excluding hydrogens is 248 g/mol. The minimum absolute atomic E-state index is 0.119. The highest BCUT2D eigenvalue weighted by molar-refractivity contribution is 5.75. The quantitative estimate of drug-likeness (QED) is 0.830. The minimum atomic E-state index is 0.119. The molecule has 3 nitrogen and oxygen atoms in total. The molecule has 0 fully saturated rings. The van der Waals surface area contributed by atoms with Crippen LogP contribution in [0.2, 0.25) is 0 Å². The Labute approximate surface area is 123 Å².